The predicted octanol–water partition coefficient (Wildman–Crippen LogP) is 0.982. The molecule has 1 aromatic heterocycles. The number of hydrogen-bond acceptors (Lipinski definition) is 5. The van der Waals surface area contributed by atoms with Crippen LogP contribution in [0.25, 0.3) is 0 Å². The van der Waals surface area contributed by atoms with Crippen LogP contribution in [0.15, 0.2) is 15.5 Å². The quantitative estimate of drug-likeness (QED) is 0.833. The highest BCUT2D eigenvalue weighted by molar-refractivity contribution is 9.10. The first-order valence-corrected chi connectivity index (χ1v) is 8.07. The van der Waals surface area contributed by atoms with Gasteiger partial charge in [0.25, 0.3) is 5.56 Å². The lowest BCUT2D eigenvalue weighted by molar-refractivity contribution is -0.133. The Morgan fingerprint density at radius 2 is 2.18 bits per heavy atom. The number of aromatic nitrogens is 2. The van der Waals surface area contributed by atoms with Crippen molar-refractivity contribution in [1.82, 2.24) is 14.7 Å². The van der Waals surface area contributed by atoms with Gasteiger partial charge in [0.15, 0.2) is 0 Å². The van der Waals surface area contributed by atoms with Crippen LogP contribution < -0.4 is 10.9 Å². The van der Waals surface area contributed by atoms with Crippen molar-refractivity contribution in [1.29, 1.82) is 0 Å². The van der Waals surface area contributed by atoms with Gasteiger partial charge < -0.3 is 15.0 Å². The Morgan fingerprint density at radius 3 is 2.82 bits per heavy atom. The van der Waals surface area contributed by atoms with E-state index in [9.17, 15) is 9.59 Å². The van der Waals surface area contributed by atoms with Crippen LogP contribution in [0.4, 0.5) is 5.69 Å². The third kappa shape index (κ3) is 4.07. The van der Waals surface area contributed by atoms with Gasteiger partial charge in [-0.1, -0.05) is 0 Å². The minimum Gasteiger partial charge on any atom is -0.384 e. The van der Waals surface area contributed by atoms with Crippen molar-refractivity contribution < 1.29 is 9.53 Å². The number of rotatable bonds is 5. The number of nitrogens with zero attached hydrogens (tertiary/aromatic N) is 3. The fraction of sp³-hybridized carbons (Fsp3) is 0.643. The first-order chi connectivity index (χ1) is 10.5. The SMILES string of the molecule is COCCC(=O)N1CCC(Nc2cnn(C)c(=O)c2Br)CC1. The molecule has 0 bridgehead atoms. The Hall–Kier alpha value is -1.41. The van der Waals surface area contributed by atoms with Gasteiger partial charge in [-0.05, 0) is 28.8 Å². The highest BCUT2D eigenvalue weighted by Crippen LogP contribution is 2.21. The third-order valence-electron chi connectivity index (χ3n) is 3.81. The third-order valence-corrected chi connectivity index (χ3v) is 4.57. The molecule has 122 valence electrons. The van der Waals surface area contributed by atoms with Crippen molar-refractivity contribution >= 4 is 27.5 Å². The van der Waals surface area contributed by atoms with Crippen molar-refractivity contribution in [2.24, 2.45) is 7.05 Å². The van der Waals surface area contributed by atoms with E-state index in [4.69, 9.17) is 4.74 Å². The number of ether oxygens (including phenoxy) is 1. The highest BCUT2D eigenvalue weighted by atomic mass is 79.9. The van der Waals surface area contributed by atoms with E-state index in [-0.39, 0.29) is 17.5 Å². The fourth-order valence-electron chi connectivity index (χ4n) is 2.45. The number of anilines is 1. The minimum absolute atomic E-state index is 0.136. The lowest BCUT2D eigenvalue weighted by Crippen LogP contribution is -2.42. The number of nitrogens with one attached hydrogen (secondary N) is 1. The molecule has 22 heavy (non-hydrogen) atoms. The van der Waals surface area contributed by atoms with E-state index in [2.05, 4.69) is 26.3 Å². The molecule has 0 radical (unpaired) electrons. The van der Waals surface area contributed by atoms with Crippen LogP contribution in [-0.4, -0.2) is 53.4 Å². The van der Waals surface area contributed by atoms with Gasteiger partial charge in [0.2, 0.25) is 5.91 Å². The maximum atomic E-state index is 11.9. The lowest BCUT2D eigenvalue weighted by atomic mass is 10.0. The van der Waals surface area contributed by atoms with Crippen molar-refractivity contribution in [3.8, 4) is 0 Å². The molecular formula is C14H21BrN4O3. The van der Waals surface area contributed by atoms with Crippen LogP contribution >= 0.6 is 15.9 Å². The monoisotopic (exact) mass is 372 g/mol. The molecule has 0 saturated carbocycles. The molecule has 1 N–H and O–H groups in total. The number of likely N-dealkylation sites (tertiary alicyclic amines) is 1. The summed E-state index contributed by atoms with van der Waals surface area (Å²) >= 11 is 3.31. The molecule has 7 nitrogen and oxygen atoms in total. The number of piperidine rings is 1. The normalized spacial score (nSPS) is 15.9. The topological polar surface area (TPSA) is 76.5 Å². The van der Waals surface area contributed by atoms with Crippen molar-refractivity contribution in [2.75, 3.05) is 32.1 Å². The molecular weight excluding hydrogens is 352 g/mol. The molecule has 0 aliphatic carbocycles. The lowest BCUT2D eigenvalue weighted by Gasteiger charge is -2.33. The van der Waals surface area contributed by atoms with E-state index in [0.717, 1.165) is 25.9 Å². The minimum atomic E-state index is -0.169. The Labute approximate surface area is 137 Å². The van der Waals surface area contributed by atoms with Gasteiger partial charge in [-0.2, -0.15) is 5.10 Å². The number of halogens is 1. The van der Waals surface area contributed by atoms with Crippen LogP contribution in [0.5, 0.6) is 0 Å². The summed E-state index contributed by atoms with van der Waals surface area (Å²) in [5.74, 6) is 0.136. The smallest absolute Gasteiger partial charge is 0.282 e. The molecule has 8 heteroatoms. The molecule has 2 heterocycles. The van der Waals surface area contributed by atoms with Gasteiger partial charge in [0.05, 0.1) is 24.9 Å². The number of carbonyl (C=O) groups excluding carboxylic acids is 1. The van der Waals surface area contributed by atoms with Gasteiger partial charge in [-0.3, -0.25) is 9.59 Å². The molecule has 1 fully saturated rings. The number of hydrogen-bond donors (Lipinski definition) is 1. The van der Waals surface area contributed by atoms with Crippen LogP contribution in [-0.2, 0) is 16.6 Å². The number of carbonyl (C=O) groups is 1. The zero-order chi connectivity index (χ0) is 16.1. The van der Waals surface area contributed by atoms with Gasteiger partial charge in [-0.25, -0.2) is 4.68 Å². The average molecular weight is 373 g/mol. The molecule has 0 spiro atoms. The maximum Gasteiger partial charge on any atom is 0.282 e. The first-order valence-electron chi connectivity index (χ1n) is 7.28. The zero-order valence-electron chi connectivity index (χ0n) is 12.8. The number of aryl methyl sites for hydroxylation is 1. The molecule has 2 rings (SSSR count). The van der Waals surface area contributed by atoms with Gasteiger partial charge in [-0.15, -0.1) is 0 Å². The Kier molecular flexibility index (Phi) is 5.96. The second-order valence-electron chi connectivity index (χ2n) is 5.34. The molecule has 0 atom stereocenters. The van der Waals surface area contributed by atoms with Crippen LogP contribution in [0, 0.1) is 0 Å². The zero-order valence-corrected chi connectivity index (χ0v) is 14.4. The molecule has 0 aromatic carbocycles. The van der Waals surface area contributed by atoms with E-state index in [1.165, 1.54) is 4.68 Å². The predicted molar refractivity (Wildman–Crippen MR) is 86.9 cm³/mol. The van der Waals surface area contributed by atoms with E-state index >= 15 is 0 Å². The van der Waals surface area contributed by atoms with Crippen molar-refractivity contribution in [3.63, 3.8) is 0 Å². The van der Waals surface area contributed by atoms with E-state index < -0.39 is 0 Å². The molecule has 1 aliphatic rings. The second kappa shape index (κ2) is 7.73. The summed E-state index contributed by atoms with van der Waals surface area (Å²) in [5, 5.41) is 7.35. The number of methoxy groups -OCH3 is 1. The second-order valence-corrected chi connectivity index (χ2v) is 6.14. The molecule has 0 unspecified atom stereocenters. The van der Waals surface area contributed by atoms with E-state index in [1.807, 2.05) is 4.90 Å². The average Bonchev–Trinajstić information content (AvgIpc) is 2.54. The van der Waals surface area contributed by atoms with Crippen LogP contribution in [0.1, 0.15) is 19.3 Å². The van der Waals surface area contributed by atoms with Gasteiger partial charge >= 0.3 is 0 Å². The van der Waals surface area contributed by atoms with Crippen molar-refractivity contribution in [3.05, 3.63) is 21.0 Å². The van der Waals surface area contributed by atoms with Crippen LogP contribution in [0.3, 0.4) is 0 Å². The van der Waals surface area contributed by atoms with Gasteiger partial charge in [0, 0.05) is 33.3 Å². The first kappa shape index (κ1) is 17.0. The fourth-order valence-corrected chi connectivity index (χ4v) is 2.93. The summed E-state index contributed by atoms with van der Waals surface area (Å²) < 4.78 is 6.71. The molecule has 1 amide bonds. The van der Waals surface area contributed by atoms with Gasteiger partial charge in [0.1, 0.15) is 4.47 Å². The largest absolute Gasteiger partial charge is 0.384 e. The van der Waals surface area contributed by atoms with E-state index in [1.54, 1.807) is 20.4 Å². The highest BCUT2D eigenvalue weighted by Gasteiger charge is 2.23. The molecule has 1 aliphatic heterocycles. The summed E-state index contributed by atoms with van der Waals surface area (Å²) in [7, 11) is 3.21. The maximum absolute atomic E-state index is 11.9. The Balaban J connectivity index is 1.89. The summed E-state index contributed by atoms with van der Waals surface area (Å²) in [6, 6.07) is 0.233. The summed E-state index contributed by atoms with van der Waals surface area (Å²) in [5.41, 5.74) is 0.532. The summed E-state index contributed by atoms with van der Waals surface area (Å²) in [6.45, 7) is 1.90. The number of amides is 1. The van der Waals surface area contributed by atoms with Crippen LogP contribution in [0.2, 0.25) is 0 Å². The van der Waals surface area contributed by atoms with Crippen molar-refractivity contribution in [2.45, 2.75) is 25.3 Å². The summed E-state index contributed by atoms with van der Waals surface area (Å²) in [4.78, 5) is 25.6. The Morgan fingerprint density at radius 1 is 1.50 bits per heavy atom. The molecule has 1 saturated heterocycles. The molecule has 1 aromatic rings. The van der Waals surface area contributed by atoms with E-state index in [0.29, 0.717) is 23.2 Å². The standard InChI is InChI=1S/C14H21BrN4O3/c1-18-14(21)13(15)11(9-16-18)17-10-3-6-19(7-4-10)12(20)5-8-22-2/h9-10,17H,3-8H2,1-2H3. The summed E-state index contributed by atoms with van der Waals surface area (Å²) in [6.07, 6.45) is 3.77. The Bertz CT molecular complexity index is 582.